The summed E-state index contributed by atoms with van der Waals surface area (Å²) in [6, 6.07) is 0. The quantitative estimate of drug-likeness (QED) is 0.428. The van der Waals surface area contributed by atoms with E-state index < -0.39 is 6.57 Å². The molecule has 104 valence electrons. The normalized spacial score (nSPS) is 13.9. The molecule has 0 amide bonds. The fourth-order valence-corrected chi connectivity index (χ4v) is 4.40. The average molecular weight is 292 g/mol. The lowest BCUT2D eigenvalue weighted by molar-refractivity contribution is -0.123. The SMILES string of the molecule is C=CP(=O)(OCC)SCCCC(=O)CCC(C)=O. The number of carbonyl (C=O) groups is 2. The van der Waals surface area contributed by atoms with E-state index in [-0.39, 0.29) is 11.6 Å². The Morgan fingerprint density at radius 2 is 2.00 bits per heavy atom. The van der Waals surface area contributed by atoms with Crippen molar-refractivity contribution >= 4 is 29.5 Å². The molecule has 0 aromatic heterocycles. The van der Waals surface area contributed by atoms with Crippen LogP contribution in [0.5, 0.6) is 0 Å². The third kappa shape index (κ3) is 8.67. The Balaban J connectivity index is 3.78. The van der Waals surface area contributed by atoms with Gasteiger partial charge in [0.2, 0.25) is 0 Å². The van der Waals surface area contributed by atoms with E-state index in [0.29, 0.717) is 38.0 Å². The predicted molar refractivity (Wildman–Crippen MR) is 76.0 cm³/mol. The van der Waals surface area contributed by atoms with Gasteiger partial charge in [0, 0.05) is 30.8 Å². The molecule has 1 unspecified atom stereocenters. The summed E-state index contributed by atoms with van der Waals surface area (Å²) in [5, 5.41) is 0. The van der Waals surface area contributed by atoms with Gasteiger partial charge in [0.05, 0.1) is 6.61 Å². The number of Topliss-reactive ketones (excluding diaryl/α,β-unsaturated/α-hetero) is 2. The maximum Gasteiger partial charge on any atom is 0.279 e. The summed E-state index contributed by atoms with van der Waals surface area (Å²) < 4.78 is 17.1. The van der Waals surface area contributed by atoms with Crippen LogP contribution in [-0.2, 0) is 18.7 Å². The second kappa shape index (κ2) is 9.54. The first-order valence-corrected chi connectivity index (χ1v) is 9.25. The van der Waals surface area contributed by atoms with E-state index >= 15 is 0 Å². The Kier molecular flexibility index (Phi) is 9.34. The van der Waals surface area contributed by atoms with Crippen molar-refractivity contribution in [2.24, 2.45) is 0 Å². The van der Waals surface area contributed by atoms with Crippen LogP contribution in [0.25, 0.3) is 0 Å². The molecule has 0 saturated heterocycles. The summed E-state index contributed by atoms with van der Waals surface area (Å²) in [5.74, 6) is 2.05. The van der Waals surface area contributed by atoms with E-state index in [1.54, 1.807) is 6.92 Å². The fourth-order valence-electron chi connectivity index (χ4n) is 1.22. The van der Waals surface area contributed by atoms with Crippen molar-refractivity contribution in [1.82, 2.24) is 0 Å². The predicted octanol–water partition coefficient (Wildman–Crippen LogP) is 3.81. The molecular weight excluding hydrogens is 271 g/mol. The molecule has 0 aliphatic heterocycles. The summed E-state index contributed by atoms with van der Waals surface area (Å²) in [4.78, 5) is 22.1. The van der Waals surface area contributed by atoms with Crippen LogP contribution >= 0.6 is 18.0 Å². The minimum Gasteiger partial charge on any atom is -0.319 e. The van der Waals surface area contributed by atoms with Crippen LogP contribution in [0.15, 0.2) is 12.4 Å². The minimum atomic E-state index is -2.78. The highest BCUT2D eigenvalue weighted by Crippen LogP contribution is 2.60. The third-order valence-electron chi connectivity index (χ3n) is 2.16. The van der Waals surface area contributed by atoms with Crippen molar-refractivity contribution in [2.45, 2.75) is 39.5 Å². The van der Waals surface area contributed by atoms with Gasteiger partial charge < -0.3 is 9.32 Å². The van der Waals surface area contributed by atoms with Crippen LogP contribution in [0.4, 0.5) is 0 Å². The molecule has 0 fully saturated rings. The number of carbonyl (C=O) groups excluding carboxylic acids is 2. The largest absolute Gasteiger partial charge is 0.319 e. The van der Waals surface area contributed by atoms with Crippen LogP contribution in [0.1, 0.15) is 39.5 Å². The zero-order chi connectivity index (χ0) is 14.0. The van der Waals surface area contributed by atoms with Crippen molar-refractivity contribution in [3.63, 3.8) is 0 Å². The summed E-state index contributed by atoms with van der Waals surface area (Å²) in [6.45, 7) is 4.36. The molecule has 0 aromatic carbocycles. The first-order valence-electron chi connectivity index (χ1n) is 5.97. The zero-order valence-electron chi connectivity index (χ0n) is 11.0. The van der Waals surface area contributed by atoms with Crippen molar-refractivity contribution in [3.05, 3.63) is 12.4 Å². The third-order valence-corrected chi connectivity index (χ3v) is 6.45. The van der Waals surface area contributed by atoms with E-state index in [0.717, 1.165) is 0 Å². The van der Waals surface area contributed by atoms with Crippen LogP contribution < -0.4 is 0 Å². The van der Waals surface area contributed by atoms with E-state index in [1.165, 1.54) is 24.1 Å². The molecule has 0 rings (SSSR count). The molecule has 1 atom stereocenters. The molecule has 0 spiro atoms. The van der Waals surface area contributed by atoms with Gasteiger partial charge in [-0.05, 0) is 20.3 Å². The van der Waals surface area contributed by atoms with Gasteiger partial charge in [0.1, 0.15) is 11.6 Å². The second-order valence-corrected chi connectivity index (χ2v) is 8.49. The Hall–Kier alpha value is -0.380. The first-order chi connectivity index (χ1) is 8.43. The molecule has 18 heavy (non-hydrogen) atoms. The van der Waals surface area contributed by atoms with E-state index in [9.17, 15) is 14.2 Å². The summed E-state index contributed by atoms with van der Waals surface area (Å²) in [5.41, 5.74) is 0. The minimum absolute atomic E-state index is 0.0326. The first kappa shape index (κ1) is 17.6. The smallest absolute Gasteiger partial charge is 0.279 e. The Bertz CT molecular complexity index is 341. The molecule has 0 aliphatic carbocycles. The van der Waals surface area contributed by atoms with Crippen LogP contribution in [0.2, 0.25) is 0 Å². The monoisotopic (exact) mass is 292 g/mol. The van der Waals surface area contributed by atoms with Crippen molar-refractivity contribution < 1.29 is 18.7 Å². The van der Waals surface area contributed by atoms with Gasteiger partial charge in [-0.15, -0.1) is 0 Å². The lowest BCUT2D eigenvalue weighted by Gasteiger charge is -2.11. The van der Waals surface area contributed by atoms with E-state index in [1.807, 2.05) is 0 Å². The van der Waals surface area contributed by atoms with Crippen LogP contribution in [0.3, 0.4) is 0 Å². The van der Waals surface area contributed by atoms with Crippen molar-refractivity contribution in [3.8, 4) is 0 Å². The molecular formula is C12H21O4PS. The molecule has 0 aliphatic rings. The standard InChI is InChI=1S/C12H21O4PS/c1-4-16-17(15,5-2)18-10-6-7-12(14)9-8-11(3)13/h5H,2,4,6-10H2,1,3H3. The van der Waals surface area contributed by atoms with Gasteiger partial charge in [-0.2, -0.15) is 0 Å². The Morgan fingerprint density at radius 3 is 2.50 bits per heavy atom. The lowest BCUT2D eigenvalue weighted by Crippen LogP contribution is -2.01. The fraction of sp³-hybridized carbons (Fsp3) is 0.667. The lowest BCUT2D eigenvalue weighted by atomic mass is 10.1. The molecule has 0 aromatic rings. The van der Waals surface area contributed by atoms with Gasteiger partial charge >= 0.3 is 0 Å². The molecule has 4 nitrogen and oxygen atoms in total. The highest BCUT2D eigenvalue weighted by molar-refractivity contribution is 8.57. The molecule has 0 bridgehead atoms. The summed E-state index contributed by atoms with van der Waals surface area (Å²) in [6.07, 6.45) is 1.69. The zero-order valence-corrected chi connectivity index (χ0v) is 12.7. The number of hydrogen-bond acceptors (Lipinski definition) is 5. The van der Waals surface area contributed by atoms with Crippen LogP contribution in [0, 0.1) is 0 Å². The topological polar surface area (TPSA) is 60.4 Å². The van der Waals surface area contributed by atoms with Gasteiger partial charge in [0.15, 0.2) is 0 Å². The van der Waals surface area contributed by atoms with Gasteiger partial charge in [0.25, 0.3) is 6.57 Å². The molecule has 0 radical (unpaired) electrons. The Labute approximate surface area is 113 Å². The maximum atomic E-state index is 11.9. The molecule has 6 heteroatoms. The summed E-state index contributed by atoms with van der Waals surface area (Å²) >= 11 is 1.21. The van der Waals surface area contributed by atoms with Gasteiger partial charge in [-0.25, -0.2) is 0 Å². The summed E-state index contributed by atoms with van der Waals surface area (Å²) in [7, 11) is 0. The van der Waals surface area contributed by atoms with E-state index in [4.69, 9.17) is 4.52 Å². The highest BCUT2D eigenvalue weighted by atomic mass is 32.7. The Morgan fingerprint density at radius 1 is 1.33 bits per heavy atom. The van der Waals surface area contributed by atoms with Crippen LogP contribution in [-0.4, -0.2) is 23.9 Å². The number of hydrogen-bond donors (Lipinski definition) is 0. The molecule has 0 saturated carbocycles. The number of rotatable bonds is 11. The highest BCUT2D eigenvalue weighted by Gasteiger charge is 2.18. The number of ketones is 2. The molecule has 0 N–H and O–H groups in total. The second-order valence-electron chi connectivity index (χ2n) is 3.82. The molecule has 0 heterocycles. The van der Waals surface area contributed by atoms with Gasteiger partial charge in [-0.3, -0.25) is 9.36 Å². The van der Waals surface area contributed by atoms with E-state index in [2.05, 4.69) is 6.58 Å². The van der Waals surface area contributed by atoms with Crippen molar-refractivity contribution in [2.75, 3.05) is 12.4 Å². The van der Waals surface area contributed by atoms with Gasteiger partial charge in [-0.1, -0.05) is 18.0 Å². The average Bonchev–Trinajstić information content (AvgIpc) is 2.32. The van der Waals surface area contributed by atoms with Crippen molar-refractivity contribution in [1.29, 1.82) is 0 Å². The maximum absolute atomic E-state index is 11.9.